The Labute approximate surface area is 161 Å². The minimum Gasteiger partial charge on any atom is -0.345 e. The maximum absolute atomic E-state index is 12.8. The summed E-state index contributed by atoms with van der Waals surface area (Å²) in [5.74, 6) is 0. The first-order chi connectivity index (χ1) is 13.0. The highest BCUT2D eigenvalue weighted by Gasteiger charge is 2.19. The van der Waals surface area contributed by atoms with E-state index in [0.717, 1.165) is 17.9 Å². The first kappa shape index (κ1) is 18.8. The lowest BCUT2D eigenvalue weighted by Crippen LogP contribution is -2.40. The molecule has 2 aromatic carbocycles. The Morgan fingerprint density at radius 3 is 2.52 bits per heavy atom. The molecular formula is C23H27N3O. The van der Waals surface area contributed by atoms with Crippen LogP contribution in [-0.2, 0) is 13.1 Å². The molecule has 0 fully saturated rings. The van der Waals surface area contributed by atoms with Crippen LogP contribution in [0, 0.1) is 6.92 Å². The van der Waals surface area contributed by atoms with Crippen molar-refractivity contribution in [3.05, 3.63) is 89.7 Å². The molecule has 3 aromatic rings. The highest BCUT2D eigenvalue weighted by atomic mass is 16.2. The van der Waals surface area contributed by atoms with Crippen molar-refractivity contribution in [2.75, 3.05) is 5.32 Å². The molecule has 140 valence electrons. The molecule has 27 heavy (non-hydrogen) atoms. The fourth-order valence-corrected chi connectivity index (χ4v) is 3.13. The highest BCUT2D eigenvalue weighted by Crippen LogP contribution is 2.15. The highest BCUT2D eigenvalue weighted by molar-refractivity contribution is 5.89. The summed E-state index contributed by atoms with van der Waals surface area (Å²) in [6.07, 6.45) is 2.07. The van der Waals surface area contributed by atoms with E-state index in [2.05, 4.69) is 53.3 Å². The molecular weight excluding hydrogens is 334 g/mol. The van der Waals surface area contributed by atoms with Gasteiger partial charge in [0, 0.05) is 30.2 Å². The number of carbonyl (C=O) groups is 1. The van der Waals surface area contributed by atoms with Crippen LogP contribution in [0.1, 0.15) is 30.7 Å². The van der Waals surface area contributed by atoms with Gasteiger partial charge in [0.25, 0.3) is 0 Å². The minimum atomic E-state index is -0.0838. The molecule has 0 spiro atoms. The quantitative estimate of drug-likeness (QED) is 0.636. The van der Waals surface area contributed by atoms with Gasteiger partial charge in [-0.2, -0.15) is 0 Å². The predicted molar refractivity (Wildman–Crippen MR) is 111 cm³/mol. The van der Waals surface area contributed by atoms with E-state index in [1.807, 2.05) is 55.1 Å². The summed E-state index contributed by atoms with van der Waals surface area (Å²) >= 11 is 0. The lowest BCUT2D eigenvalue weighted by atomic mass is 10.1. The topological polar surface area (TPSA) is 37.3 Å². The number of carbonyl (C=O) groups excluding carboxylic acids is 1. The standard InChI is InChI=1S/C23H27N3O/c1-18(2)26(23(27)24-21-11-5-4-6-12-21)17-22-13-8-14-25(22)16-20-10-7-9-19(3)15-20/h4-15,18H,16-17H2,1-3H3,(H,24,27). The number of anilines is 1. The molecule has 0 saturated heterocycles. The van der Waals surface area contributed by atoms with Gasteiger partial charge in [-0.05, 0) is 50.6 Å². The van der Waals surface area contributed by atoms with Crippen LogP contribution in [0.3, 0.4) is 0 Å². The Kier molecular flexibility index (Phi) is 5.97. The van der Waals surface area contributed by atoms with Crippen molar-refractivity contribution in [2.24, 2.45) is 0 Å². The van der Waals surface area contributed by atoms with Gasteiger partial charge in [-0.3, -0.25) is 0 Å². The second-order valence-corrected chi connectivity index (χ2v) is 7.13. The van der Waals surface area contributed by atoms with Gasteiger partial charge in [0.2, 0.25) is 0 Å². The van der Waals surface area contributed by atoms with E-state index in [1.165, 1.54) is 11.1 Å². The third-order valence-corrected chi connectivity index (χ3v) is 4.60. The zero-order chi connectivity index (χ0) is 19.2. The Morgan fingerprint density at radius 2 is 1.81 bits per heavy atom. The van der Waals surface area contributed by atoms with Crippen LogP contribution >= 0.6 is 0 Å². The molecule has 0 bridgehead atoms. The van der Waals surface area contributed by atoms with Gasteiger partial charge in [0.05, 0.1) is 6.54 Å². The van der Waals surface area contributed by atoms with E-state index in [-0.39, 0.29) is 12.1 Å². The van der Waals surface area contributed by atoms with Crippen molar-refractivity contribution in [1.82, 2.24) is 9.47 Å². The van der Waals surface area contributed by atoms with Crippen molar-refractivity contribution < 1.29 is 4.79 Å². The van der Waals surface area contributed by atoms with Crippen molar-refractivity contribution in [1.29, 1.82) is 0 Å². The molecule has 2 amide bonds. The molecule has 4 nitrogen and oxygen atoms in total. The van der Waals surface area contributed by atoms with Gasteiger partial charge in [-0.1, -0.05) is 48.0 Å². The summed E-state index contributed by atoms with van der Waals surface area (Å²) in [7, 11) is 0. The fraction of sp³-hybridized carbons (Fsp3) is 0.261. The van der Waals surface area contributed by atoms with E-state index in [4.69, 9.17) is 0 Å². The number of nitrogens with zero attached hydrogens (tertiary/aromatic N) is 2. The van der Waals surface area contributed by atoms with Crippen molar-refractivity contribution >= 4 is 11.7 Å². The van der Waals surface area contributed by atoms with Crippen LogP contribution in [0.2, 0.25) is 0 Å². The van der Waals surface area contributed by atoms with Gasteiger partial charge < -0.3 is 14.8 Å². The zero-order valence-electron chi connectivity index (χ0n) is 16.2. The molecule has 0 atom stereocenters. The summed E-state index contributed by atoms with van der Waals surface area (Å²) in [4.78, 5) is 14.7. The molecule has 0 unspecified atom stereocenters. The van der Waals surface area contributed by atoms with Gasteiger partial charge in [-0.25, -0.2) is 4.79 Å². The second kappa shape index (κ2) is 8.58. The zero-order valence-corrected chi connectivity index (χ0v) is 16.2. The van der Waals surface area contributed by atoms with Gasteiger partial charge in [0.15, 0.2) is 0 Å². The summed E-state index contributed by atoms with van der Waals surface area (Å²) in [6.45, 7) is 7.55. The Hall–Kier alpha value is -3.01. The molecule has 0 radical (unpaired) electrons. The van der Waals surface area contributed by atoms with Gasteiger partial charge >= 0.3 is 6.03 Å². The predicted octanol–water partition coefficient (Wildman–Crippen LogP) is 5.29. The average Bonchev–Trinajstić information content (AvgIpc) is 3.07. The van der Waals surface area contributed by atoms with E-state index in [9.17, 15) is 4.79 Å². The summed E-state index contributed by atoms with van der Waals surface area (Å²) < 4.78 is 2.21. The van der Waals surface area contributed by atoms with Gasteiger partial charge in [-0.15, -0.1) is 0 Å². The second-order valence-electron chi connectivity index (χ2n) is 7.13. The number of hydrogen-bond acceptors (Lipinski definition) is 1. The number of urea groups is 1. The molecule has 1 aromatic heterocycles. The smallest absolute Gasteiger partial charge is 0.322 e. The molecule has 4 heteroatoms. The Bertz CT molecular complexity index is 883. The summed E-state index contributed by atoms with van der Waals surface area (Å²) in [5, 5.41) is 2.99. The summed E-state index contributed by atoms with van der Waals surface area (Å²) in [5.41, 5.74) is 4.45. The first-order valence-corrected chi connectivity index (χ1v) is 9.35. The van der Waals surface area contributed by atoms with Crippen LogP contribution < -0.4 is 5.32 Å². The lowest BCUT2D eigenvalue weighted by molar-refractivity contribution is 0.192. The minimum absolute atomic E-state index is 0.0838. The van der Waals surface area contributed by atoms with Crippen LogP contribution in [0.15, 0.2) is 72.9 Å². The third-order valence-electron chi connectivity index (χ3n) is 4.60. The number of nitrogens with one attached hydrogen (secondary N) is 1. The van der Waals surface area contributed by atoms with E-state index >= 15 is 0 Å². The van der Waals surface area contributed by atoms with Gasteiger partial charge in [0.1, 0.15) is 0 Å². The summed E-state index contributed by atoms with van der Waals surface area (Å²) in [6, 6.07) is 22.2. The maximum Gasteiger partial charge on any atom is 0.322 e. The van der Waals surface area contributed by atoms with E-state index < -0.39 is 0 Å². The number of aromatic nitrogens is 1. The Balaban J connectivity index is 1.74. The maximum atomic E-state index is 12.8. The monoisotopic (exact) mass is 361 g/mol. The molecule has 0 aliphatic rings. The molecule has 3 rings (SSSR count). The normalized spacial score (nSPS) is 10.8. The average molecular weight is 361 g/mol. The molecule has 1 heterocycles. The van der Waals surface area contributed by atoms with Crippen LogP contribution in [0.4, 0.5) is 10.5 Å². The van der Waals surface area contributed by atoms with Crippen LogP contribution in [-0.4, -0.2) is 21.5 Å². The number of amides is 2. The number of hydrogen-bond donors (Lipinski definition) is 1. The molecule has 0 aliphatic heterocycles. The van der Waals surface area contributed by atoms with Crippen molar-refractivity contribution in [3.63, 3.8) is 0 Å². The molecule has 0 saturated carbocycles. The number of rotatable bonds is 6. The fourth-order valence-electron chi connectivity index (χ4n) is 3.13. The lowest BCUT2D eigenvalue weighted by Gasteiger charge is -2.27. The van der Waals surface area contributed by atoms with Crippen LogP contribution in [0.25, 0.3) is 0 Å². The SMILES string of the molecule is Cc1cccc(Cn2cccc2CN(C(=O)Nc2ccccc2)C(C)C)c1. The largest absolute Gasteiger partial charge is 0.345 e. The molecule has 0 aliphatic carbocycles. The van der Waals surface area contributed by atoms with Crippen molar-refractivity contribution in [3.8, 4) is 0 Å². The van der Waals surface area contributed by atoms with Crippen molar-refractivity contribution in [2.45, 2.75) is 39.9 Å². The van der Waals surface area contributed by atoms with E-state index in [1.54, 1.807) is 0 Å². The number of para-hydroxylation sites is 1. The molecule has 1 N–H and O–H groups in total. The number of aryl methyl sites for hydroxylation is 1. The van der Waals surface area contributed by atoms with E-state index in [0.29, 0.717) is 6.54 Å². The Morgan fingerprint density at radius 1 is 1.04 bits per heavy atom. The first-order valence-electron chi connectivity index (χ1n) is 9.35. The van der Waals surface area contributed by atoms with Crippen LogP contribution in [0.5, 0.6) is 0 Å². The number of benzene rings is 2. The third kappa shape index (κ3) is 5.00.